The molecule has 1 amide bonds. The second-order valence-electron chi connectivity index (χ2n) is 6.26. The highest BCUT2D eigenvalue weighted by Gasteiger charge is 2.30. The van der Waals surface area contributed by atoms with Crippen LogP contribution in [0, 0.1) is 0 Å². The smallest absolute Gasteiger partial charge is 0.416 e. The molecule has 1 N–H and O–H groups in total. The van der Waals surface area contributed by atoms with Gasteiger partial charge in [0.15, 0.2) is 11.0 Å². The largest absolute Gasteiger partial charge is 0.486 e. The van der Waals surface area contributed by atoms with E-state index in [1.807, 2.05) is 0 Å². The standard InChI is InChI=1S/C20H19F3N4O3S/c1-2-8-27-17(12-30-15-6-3-5-14(10-15)20(21,22)23)25-26-19(27)31-13-18(28)24-11-16-7-4-9-29-16/h2-7,9-10H,1,8,11-13H2,(H,24,28). The molecule has 0 saturated carbocycles. The van der Waals surface area contributed by atoms with Crippen molar-refractivity contribution < 1.29 is 27.1 Å². The minimum Gasteiger partial charge on any atom is -0.486 e. The van der Waals surface area contributed by atoms with E-state index in [0.717, 1.165) is 12.1 Å². The van der Waals surface area contributed by atoms with Crippen LogP contribution in [0.15, 0.2) is 64.9 Å². The lowest BCUT2D eigenvalue weighted by molar-refractivity contribution is -0.137. The minimum atomic E-state index is -4.45. The maximum absolute atomic E-state index is 12.8. The minimum absolute atomic E-state index is 0.0643. The highest BCUT2D eigenvalue weighted by atomic mass is 32.2. The summed E-state index contributed by atoms with van der Waals surface area (Å²) in [6.45, 7) is 4.23. The van der Waals surface area contributed by atoms with E-state index < -0.39 is 11.7 Å². The maximum atomic E-state index is 12.8. The summed E-state index contributed by atoms with van der Waals surface area (Å²) < 4.78 is 50.9. The summed E-state index contributed by atoms with van der Waals surface area (Å²) in [7, 11) is 0. The van der Waals surface area contributed by atoms with E-state index in [9.17, 15) is 18.0 Å². The number of furan rings is 1. The number of thioether (sulfide) groups is 1. The Kier molecular flexibility index (Phi) is 7.40. The van der Waals surface area contributed by atoms with E-state index >= 15 is 0 Å². The van der Waals surface area contributed by atoms with Crippen molar-refractivity contribution in [2.75, 3.05) is 5.75 Å². The molecule has 164 valence electrons. The van der Waals surface area contributed by atoms with Gasteiger partial charge >= 0.3 is 6.18 Å². The number of carbonyl (C=O) groups is 1. The first-order valence-corrected chi connectivity index (χ1v) is 10.1. The Morgan fingerprint density at radius 1 is 1.29 bits per heavy atom. The van der Waals surface area contributed by atoms with Crippen LogP contribution in [-0.4, -0.2) is 26.4 Å². The van der Waals surface area contributed by atoms with Crippen molar-refractivity contribution in [1.82, 2.24) is 20.1 Å². The van der Waals surface area contributed by atoms with Crippen molar-refractivity contribution in [2.24, 2.45) is 0 Å². The Labute approximate surface area is 180 Å². The molecule has 11 heteroatoms. The Balaban J connectivity index is 1.59. The van der Waals surface area contributed by atoms with Crippen LogP contribution in [0.4, 0.5) is 13.2 Å². The van der Waals surface area contributed by atoms with Crippen LogP contribution in [-0.2, 0) is 30.7 Å². The van der Waals surface area contributed by atoms with Crippen molar-refractivity contribution in [3.05, 3.63) is 72.5 Å². The quantitative estimate of drug-likeness (QED) is 0.369. The van der Waals surface area contributed by atoms with E-state index in [1.54, 1.807) is 22.8 Å². The summed E-state index contributed by atoms with van der Waals surface area (Å²) in [5, 5.41) is 11.3. The lowest BCUT2D eigenvalue weighted by Gasteiger charge is -2.11. The van der Waals surface area contributed by atoms with Crippen LogP contribution in [0.3, 0.4) is 0 Å². The van der Waals surface area contributed by atoms with Crippen LogP contribution < -0.4 is 10.1 Å². The molecular weight excluding hydrogens is 433 g/mol. The number of alkyl halides is 3. The normalized spacial score (nSPS) is 11.3. The molecule has 0 aliphatic rings. The number of allylic oxidation sites excluding steroid dienone is 1. The van der Waals surface area contributed by atoms with Crippen LogP contribution in [0.1, 0.15) is 17.1 Å². The number of ether oxygens (including phenoxy) is 1. The van der Waals surface area contributed by atoms with Crippen LogP contribution in [0.25, 0.3) is 0 Å². The third-order valence-electron chi connectivity index (χ3n) is 4.01. The van der Waals surface area contributed by atoms with Crippen molar-refractivity contribution in [2.45, 2.75) is 31.0 Å². The van der Waals surface area contributed by atoms with Crippen molar-refractivity contribution in [3.8, 4) is 5.75 Å². The van der Waals surface area contributed by atoms with Gasteiger partial charge in [0.2, 0.25) is 5.91 Å². The molecule has 2 aromatic heterocycles. The number of halogens is 3. The van der Waals surface area contributed by atoms with Gasteiger partial charge in [-0.1, -0.05) is 23.9 Å². The van der Waals surface area contributed by atoms with E-state index in [1.165, 1.54) is 30.2 Å². The molecular formula is C20H19F3N4O3S. The number of aromatic nitrogens is 3. The van der Waals surface area contributed by atoms with E-state index in [-0.39, 0.29) is 30.6 Å². The van der Waals surface area contributed by atoms with Gasteiger partial charge in [-0.25, -0.2) is 0 Å². The van der Waals surface area contributed by atoms with Gasteiger partial charge in [0.05, 0.1) is 24.1 Å². The third-order valence-corrected chi connectivity index (χ3v) is 4.97. The monoisotopic (exact) mass is 452 g/mol. The maximum Gasteiger partial charge on any atom is 0.416 e. The number of rotatable bonds is 10. The number of hydrogen-bond donors (Lipinski definition) is 1. The lowest BCUT2D eigenvalue weighted by atomic mass is 10.2. The Hall–Kier alpha value is -3.21. The molecule has 0 spiro atoms. The topological polar surface area (TPSA) is 82.2 Å². The number of carbonyl (C=O) groups excluding carboxylic acids is 1. The Morgan fingerprint density at radius 3 is 2.84 bits per heavy atom. The molecule has 0 radical (unpaired) electrons. The molecule has 0 aliphatic heterocycles. The highest BCUT2D eigenvalue weighted by Crippen LogP contribution is 2.31. The third kappa shape index (κ3) is 6.38. The Bertz CT molecular complexity index is 1020. The predicted octanol–water partition coefficient (Wildman–Crippen LogP) is 4.06. The van der Waals surface area contributed by atoms with Crippen molar-refractivity contribution >= 4 is 17.7 Å². The van der Waals surface area contributed by atoms with Crippen LogP contribution >= 0.6 is 11.8 Å². The zero-order valence-corrected chi connectivity index (χ0v) is 17.1. The van der Waals surface area contributed by atoms with Gasteiger partial charge in [-0.15, -0.1) is 16.8 Å². The molecule has 3 rings (SSSR count). The van der Waals surface area contributed by atoms with E-state index in [2.05, 4.69) is 22.1 Å². The molecule has 31 heavy (non-hydrogen) atoms. The Morgan fingerprint density at radius 2 is 2.13 bits per heavy atom. The predicted molar refractivity (Wildman–Crippen MR) is 107 cm³/mol. The van der Waals surface area contributed by atoms with Gasteiger partial charge in [0.25, 0.3) is 0 Å². The second-order valence-corrected chi connectivity index (χ2v) is 7.20. The lowest BCUT2D eigenvalue weighted by Crippen LogP contribution is -2.24. The van der Waals surface area contributed by atoms with Crippen LogP contribution in [0.2, 0.25) is 0 Å². The fraction of sp³-hybridized carbons (Fsp3) is 0.250. The van der Waals surface area contributed by atoms with Gasteiger partial charge in [-0.3, -0.25) is 9.36 Å². The molecule has 0 atom stereocenters. The zero-order valence-electron chi connectivity index (χ0n) is 16.3. The van der Waals surface area contributed by atoms with Crippen LogP contribution in [0.5, 0.6) is 5.75 Å². The number of benzene rings is 1. The molecule has 0 unspecified atom stereocenters. The number of hydrogen-bond acceptors (Lipinski definition) is 6. The fourth-order valence-corrected chi connectivity index (χ4v) is 3.33. The molecule has 3 aromatic rings. The number of amides is 1. The molecule has 2 heterocycles. The summed E-state index contributed by atoms with van der Waals surface area (Å²) in [5.74, 6) is 0.994. The fourth-order valence-electron chi connectivity index (χ4n) is 2.54. The molecule has 0 aliphatic carbocycles. The zero-order chi connectivity index (χ0) is 22.3. The van der Waals surface area contributed by atoms with E-state index in [4.69, 9.17) is 9.15 Å². The summed E-state index contributed by atoms with van der Waals surface area (Å²) >= 11 is 1.18. The molecule has 0 saturated heterocycles. The molecule has 1 aromatic carbocycles. The van der Waals surface area contributed by atoms with Gasteiger partial charge in [-0.05, 0) is 30.3 Å². The van der Waals surface area contributed by atoms with Crippen molar-refractivity contribution in [3.63, 3.8) is 0 Å². The first-order valence-electron chi connectivity index (χ1n) is 9.11. The summed E-state index contributed by atoms with van der Waals surface area (Å²) in [6.07, 6.45) is -1.31. The average molecular weight is 452 g/mol. The molecule has 7 nitrogen and oxygen atoms in total. The van der Waals surface area contributed by atoms with Gasteiger partial charge < -0.3 is 14.5 Å². The highest BCUT2D eigenvalue weighted by molar-refractivity contribution is 7.99. The molecule has 0 bridgehead atoms. The van der Waals surface area contributed by atoms with Gasteiger partial charge in [0.1, 0.15) is 18.1 Å². The van der Waals surface area contributed by atoms with Crippen molar-refractivity contribution in [1.29, 1.82) is 0 Å². The summed E-state index contributed by atoms with van der Waals surface area (Å²) in [4.78, 5) is 12.0. The second kappa shape index (κ2) is 10.2. The first kappa shape index (κ1) is 22.5. The summed E-state index contributed by atoms with van der Waals surface area (Å²) in [6, 6.07) is 8.09. The number of nitrogens with zero attached hydrogens (tertiary/aromatic N) is 3. The first-order chi connectivity index (χ1) is 14.9. The number of nitrogens with one attached hydrogen (secondary N) is 1. The molecule has 0 fully saturated rings. The average Bonchev–Trinajstić information content (AvgIpc) is 3.39. The summed E-state index contributed by atoms with van der Waals surface area (Å²) in [5.41, 5.74) is -0.797. The van der Waals surface area contributed by atoms with E-state index in [0.29, 0.717) is 23.3 Å². The van der Waals surface area contributed by atoms with Gasteiger partial charge in [-0.2, -0.15) is 13.2 Å². The van der Waals surface area contributed by atoms with Gasteiger partial charge in [0, 0.05) is 6.54 Å². The SMILES string of the molecule is C=CCn1c(COc2cccc(C(F)(F)F)c2)nnc1SCC(=O)NCc1ccco1.